The molecule has 2 aliphatic heterocycles. The Labute approximate surface area is 293 Å². The highest BCUT2D eigenvalue weighted by molar-refractivity contribution is 6.30. The van der Waals surface area contributed by atoms with E-state index in [2.05, 4.69) is 20.3 Å². The molecular formula is C37H36ClN7O5. The van der Waals surface area contributed by atoms with Crippen molar-refractivity contribution >= 4 is 46.0 Å². The molecule has 12 nitrogen and oxygen atoms in total. The number of carbonyl (C=O) groups excluding carboxylic acids is 3. The number of benzene rings is 3. The van der Waals surface area contributed by atoms with Gasteiger partial charge < -0.3 is 24.4 Å². The van der Waals surface area contributed by atoms with Gasteiger partial charge in [-0.05, 0) is 67.3 Å². The fourth-order valence-corrected chi connectivity index (χ4v) is 6.74. The molecule has 2 aliphatic rings. The first-order chi connectivity index (χ1) is 24.3. The van der Waals surface area contributed by atoms with E-state index in [1.165, 1.54) is 17.3 Å². The minimum absolute atomic E-state index is 0.0422. The Bertz CT molecular complexity index is 2070. The van der Waals surface area contributed by atoms with E-state index in [1.54, 1.807) is 35.2 Å². The zero-order valence-electron chi connectivity index (χ0n) is 27.3. The van der Waals surface area contributed by atoms with Gasteiger partial charge in [0.2, 0.25) is 5.91 Å². The summed E-state index contributed by atoms with van der Waals surface area (Å²) in [6.07, 6.45) is 6.28. The average molecular weight is 694 g/mol. The summed E-state index contributed by atoms with van der Waals surface area (Å²) in [5.41, 5.74) is 2.77. The molecule has 2 saturated heterocycles. The van der Waals surface area contributed by atoms with E-state index in [0.717, 1.165) is 49.7 Å². The highest BCUT2D eigenvalue weighted by Crippen LogP contribution is 2.25. The number of hydrogen-bond donors (Lipinski definition) is 1. The van der Waals surface area contributed by atoms with Crippen LogP contribution in [-0.2, 0) is 11.2 Å². The van der Waals surface area contributed by atoms with Gasteiger partial charge in [-0.3, -0.25) is 19.2 Å². The summed E-state index contributed by atoms with van der Waals surface area (Å²) in [6, 6.07) is 19.9. The molecule has 0 radical (unpaired) electrons. The summed E-state index contributed by atoms with van der Waals surface area (Å²) in [5.74, 6) is -1.10. The van der Waals surface area contributed by atoms with E-state index in [1.807, 2.05) is 41.3 Å². The summed E-state index contributed by atoms with van der Waals surface area (Å²) in [5, 5.41) is 7.77. The van der Waals surface area contributed by atoms with Crippen molar-refractivity contribution in [3.05, 3.63) is 118 Å². The Morgan fingerprint density at radius 2 is 1.62 bits per heavy atom. The fourth-order valence-electron chi connectivity index (χ4n) is 6.61. The van der Waals surface area contributed by atoms with Gasteiger partial charge >= 0.3 is 0 Å². The van der Waals surface area contributed by atoms with Crippen molar-refractivity contribution in [2.75, 3.05) is 44.2 Å². The van der Waals surface area contributed by atoms with Crippen molar-refractivity contribution in [1.29, 1.82) is 0 Å². The van der Waals surface area contributed by atoms with Crippen LogP contribution in [-0.4, -0.2) is 87.6 Å². The SMILES string of the molecule is O=C(N[C@H](Cc1ccc(Cl)cc1)C(=O)N1CCN(c2ccccc2C(=O)N2CCCCC2)CC1)c1cc(=O)c2cc(-n3cncn3)ccc2o1. The molecule has 5 aromatic rings. The first-order valence-electron chi connectivity index (χ1n) is 16.7. The smallest absolute Gasteiger partial charge is 0.287 e. The first kappa shape index (κ1) is 33.0. The molecule has 50 heavy (non-hydrogen) atoms. The van der Waals surface area contributed by atoms with Crippen molar-refractivity contribution in [1.82, 2.24) is 29.9 Å². The molecule has 13 heteroatoms. The van der Waals surface area contributed by atoms with Crippen molar-refractivity contribution in [2.24, 2.45) is 0 Å². The number of piperazine rings is 1. The number of rotatable bonds is 8. The van der Waals surface area contributed by atoms with Crippen molar-refractivity contribution in [3.8, 4) is 5.69 Å². The van der Waals surface area contributed by atoms with Gasteiger partial charge in [0.15, 0.2) is 11.2 Å². The van der Waals surface area contributed by atoms with Gasteiger partial charge in [-0.25, -0.2) is 9.67 Å². The average Bonchev–Trinajstić information content (AvgIpc) is 3.70. The lowest BCUT2D eigenvalue weighted by Crippen LogP contribution is -2.56. The van der Waals surface area contributed by atoms with E-state index in [9.17, 15) is 19.2 Å². The molecule has 0 spiro atoms. The normalized spacial score (nSPS) is 15.6. The van der Waals surface area contributed by atoms with Crippen LogP contribution < -0.4 is 15.6 Å². The van der Waals surface area contributed by atoms with Crippen LogP contribution in [0, 0.1) is 0 Å². The van der Waals surface area contributed by atoms with Crippen molar-refractivity contribution in [2.45, 2.75) is 31.7 Å². The molecule has 256 valence electrons. The quantitative estimate of drug-likeness (QED) is 0.254. The molecule has 2 aromatic heterocycles. The first-order valence-corrected chi connectivity index (χ1v) is 17.1. The molecule has 0 unspecified atom stereocenters. The third-order valence-electron chi connectivity index (χ3n) is 9.28. The van der Waals surface area contributed by atoms with E-state index in [4.69, 9.17) is 16.0 Å². The number of anilines is 1. The Morgan fingerprint density at radius 1 is 0.860 bits per heavy atom. The molecule has 0 bridgehead atoms. The maximum atomic E-state index is 14.1. The number of fused-ring (bicyclic) bond motifs is 1. The number of para-hydroxylation sites is 1. The Morgan fingerprint density at radius 3 is 2.36 bits per heavy atom. The number of piperidine rings is 1. The second kappa shape index (κ2) is 14.6. The number of nitrogens with zero attached hydrogens (tertiary/aromatic N) is 6. The van der Waals surface area contributed by atoms with E-state index >= 15 is 0 Å². The van der Waals surface area contributed by atoms with Gasteiger partial charge in [-0.2, -0.15) is 5.10 Å². The number of likely N-dealkylation sites (tertiary alicyclic amines) is 1. The van der Waals surface area contributed by atoms with Crippen LogP contribution in [0.15, 0.2) is 94.7 Å². The van der Waals surface area contributed by atoms with Gasteiger partial charge in [0.05, 0.1) is 16.6 Å². The zero-order chi connectivity index (χ0) is 34.6. The monoisotopic (exact) mass is 693 g/mol. The summed E-state index contributed by atoms with van der Waals surface area (Å²) in [6.45, 7) is 3.38. The Balaban J connectivity index is 1.08. The third kappa shape index (κ3) is 7.11. The number of aromatic nitrogens is 3. The number of halogens is 1. The topological polar surface area (TPSA) is 134 Å². The summed E-state index contributed by atoms with van der Waals surface area (Å²) >= 11 is 6.11. The third-order valence-corrected chi connectivity index (χ3v) is 9.54. The largest absolute Gasteiger partial charge is 0.451 e. The highest BCUT2D eigenvalue weighted by atomic mass is 35.5. The van der Waals surface area contributed by atoms with Gasteiger partial charge in [0.25, 0.3) is 11.8 Å². The molecule has 0 saturated carbocycles. The number of amides is 3. The molecule has 0 aliphatic carbocycles. The summed E-state index contributed by atoms with van der Waals surface area (Å²) < 4.78 is 7.38. The van der Waals surface area contributed by atoms with Crippen LogP contribution >= 0.6 is 11.6 Å². The standard InChI is InChI=1S/C37H36ClN7O5/c38-26-10-8-25(9-11-26)20-30(41-35(47)34-22-32(46)29-21-27(12-13-33(29)50-34)45-24-39-23-40-45)37(49)44-18-16-42(17-19-44)31-7-3-2-6-28(31)36(48)43-14-4-1-5-15-43/h2-3,6-13,21-24,30H,1,4-5,14-20H2,(H,41,47)/t30-/m1/s1. The van der Waals surface area contributed by atoms with Crippen LogP contribution in [0.5, 0.6) is 0 Å². The minimum atomic E-state index is -0.945. The molecule has 2 fully saturated rings. The van der Waals surface area contributed by atoms with Crippen molar-refractivity contribution < 1.29 is 18.8 Å². The van der Waals surface area contributed by atoms with Crippen molar-refractivity contribution in [3.63, 3.8) is 0 Å². The van der Waals surface area contributed by atoms with E-state index < -0.39 is 17.4 Å². The van der Waals surface area contributed by atoms with Crippen LogP contribution in [0.1, 0.15) is 45.7 Å². The molecule has 1 atom stereocenters. The number of carbonyl (C=O) groups is 3. The maximum absolute atomic E-state index is 14.1. The lowest BCUT2D eigenvalue weighted by molar-refractivity contribution is -0.133. The fraction of sp³-hybridized carbons (Fsp3) is 0.297. The predicted octanol–water partition coefficient (Wildman–Crippen LogP) is 4.34. The Hall–Kier alpha value is -5.49. The number of hydrogen-bond acceptors (Lipinski definition) is 8. The summed E-state index contributed by atoms with van der Waals surface area (Å²) in [4.78, 5) is 64.0. The number of nitrogens with one attached hydrogen (secondary N) is 1. The summed E-state index contributed by atoms with van der Waals surface area (Å²) in [7, 11) is 0. The minimum Gasteiger partial charge on any atom is -0.451 e. The zero-order valence-corrected chi connectivity index (χ0v) is 28.1. The van der Waals surface area contributed by atoms with Crippen LogP contribution in [0.2, 0.25) is 5.02 Å². The van der Waals surface area contributed by atoms with Crippen LogP contribution in [0.25, 0.3) is 16.7 Å². The van der Waals surface area contributed by atoms with Gasteiger partial charge in [-0.15, -0.1) is 0 Å². The van der Waals surface area contributed by atoms with Crippen LogP contribution in [0.3, 0.4) is 0 Å². The molecule has 3 amide bonds. The predicted molar refractivity (Wildman–Crippen MR) is 189 cm³/mol. The lowest BCUT2D eigenvalue weighted by atomic mass is 10.0. The van der Waals surface area contributed by atoms with Crippen LogP contribution in [0.4, 0.5) is 5.69 Å². The molecular weight excluding hydrogens is 658 g/mol. The lowest BCUT2D eigenvalue weighted by Gasteiger charge is -2.38. The molecule has 7 rings (SSSR count). The highest BCUT2D eigenvalue weighted by Gasteiger charge is 2.31. The van der Waals surface area contributed by atoms with Gasteiger partial charge in [0.1, 0.15) is 24.3 Å². The van der Waals surface area contributed by atoms with Gasteiger partial charge in [0, 0.05) is 62.5 Å². The second-order valence-corrected chi connectivity index (χ2v) is 13.0. The molecule has 3 aromatic carbocycles. The van der Waals surface area contributed by atoms with Gasteiger partial charge in [-0.1, -0.05) is 35.9 Å². The molecule has 1 N–H and O–H groups in total. The van der Waals surface area contributed by atoms with E-state index in [-0.39, 0.29) is 35.0 Å². The second-order valence-electron chi connectivity index (χ2n) is 12.5. The molecule has 4 heterocycles. The van der Waals surface area contributed by atoms with E-state index in [0.29, 0.717) is 42.5 Å². The maximum Gasteiger partial charge on any atom is 0.287 e. The Kier molecular flexibility index (Phi) is 9.61.